The molecule has 0 N–H and O–H groups in total. The van der Waals surface area contributed by atoms with Crippen molar-refractivity contribution in [2.45, 2.75) is 6.92 Å². The Morgan fingerprint density at radius 3 is 2.11 bits per heavy atom. The zero-order valence-electron chi connectivity index (χ0n) is 5.16. The van der Waals surface area contributed by atoms with E-state index in [-0.39, 0.29) is 36.2 Å². The molecule has 0 atom stereocenters. The van der Waals surface area contributed by atoms with E-state index in [1.165, 1.54) is 6.92 Å². The van der Waals surface area contributed by atoms with Crippen LogP contribution in [0.15, 0.2) is 0 Å². The maximum absolute atomic E-state index is 9.49. The molecule has 7 heteroatoms. The van der Waals surface area contributed by atoms with E-state index in [1.807, 2.05) is 0 Å². The second-order valence-corrected chi connectivity index (χ2v) is 1.84. The first-order valence-electron chi connectivity index (χ1n) is 1.83. The summed E-state index contributed by atoms with van der Waals surface area (Å²) in [5.74, 6) is 0. The van der Waals surface area contributed by atoms with Gasteiger partial charge < -0.3 is 4.55 Å². The van der Waals surface area contributed by atoms with Gasteiger partial charge in [0.2, 0.25) is 10.4 Å². The largest absolute Gasteiger partial charge is 1.00 e. The normalized spacial score (nSPS) is 10.4. The van der Waals surface area contributed by atoms with E-state index < -0.39 is 10.4 Å². The Morgan fingerprint density at radius 2 is 2.00 bits per heavy atom. The predicted octanol–water partition coefficient (Wildman–Crippen LogP) is -3.58. The number of hydrogen-bond acceptors (Lipinski definition) is 5. The molecule has 0 spiro atoms. The molecule has 0 amide bonds. The minimum Gasteiger partial charge on any atom is -0.724 e. The molecule has 0 aliphatic heterocycles. The van der Waals surface area contributed by atoms with E-state index >= 15 is 0 Å². The minimum absolute atomic E-state index is 0. The molecule has 9 heavy (non-hydrogen) atoms. The van der Waals surface area contributed by atoms with Crippen molar-refractivity contribution in [2.75, 3.05) is 6.61 Å². The molecular formula is C2H5NaO5S. The van der Waals surface area contributed by atoms with E-state index in [2.05, 4.69) is 9.22 Å². The van der Waals surface area contributed by atoms with Gasteiger partial charge in [0, 0.05) is 0 Å². The monoisotopic (exact) mass is 164 g/mol. The fraction of sp³-hybridized carbons (Fsp3) is 1.00. The van der Waals surface area contributed by atoms with Crippen LogP contribution in [0.25, 0.3) is 0 Å². The van der Waals surface area contributed by atoms with Gasteiger partial charge in [0.1, 0.15) is 0 Å². The van der Waals surface area contributed by atoms with Gasteiger partial charge in [0.25, 0.3) is 0 Å². The fourth-order valence-corrected chi connectivity index (χ4v) is 0.321. The Balaban J connectivity index is 0. The molecule has 0 aromatic heterocycles. The summed E-state index contributed by atoms with van der Waals surface area (Å²) in [7, 11) is -4.66. The maximum atomic E-state index is 9.49. The topological polar surface area (TPSA) is 75.7 Å². The van der Waals surface area contributed by atoms with Gasteiger partial charge in [-0.25, -0.2) is 13.3 Å². The molecular weight excluding hydrogens is 159 g/mol. The summed E-state index contributed by atoms with van der Waals surface area (Å²) in [6, 6.07) is 0. The van der Waals surface area contributed by atoms with Gasteiger partial charge in [-0.3, -0.25) is 0 Å². The molecule has 50 valence electrons. The summed E-state index contributed by atoms with van der Waals surface area (Å²) in [6.07, 6.45) is 0. The fourth-order valence-electron chi connectivity index (χ4n) is 0.107. The smallest absolute Gasteiger partial charge is 0.724 e. The molecule has 5 nitrogen and oxygen atoms in total. The van der Waals surface area contributed by atoms with Crippen LogP contribution in [0.3, 0.4) is 0 Å². The van der Waals surface area contributed by atoms with Crippen molar-refractivity contribution in [3.8, 4) is 0 Å². The summed E-state index contributed by atoms with van der Waals surface area (Å²) >= 11 is 0. The van der Waals surface area contributed by atoms with Crippen LogP contribution in [-0.4, -0.2) is 19.6 Å². The van der Waals surface area contributed by atoms with Crippen molar-refractivity contribution in [3.63, 3.8) is 0 Å². The molecule has 0 aliphatic carbocycles. The Bertz CT molecular complexity index is 139. The van der Waals surface area contributed by atoms with Crippen LogP contribution < -0.4 is 29.6 Å². The van der Waals surface area contributed by atoms with Crippen LogP contribution in [0, 0.1) is 0 Å². The Kier molecular flexibility index (Phi) is 7.78. The average Bonchev–Trinajstić information content (AvgIpc) is 1.59. The van der Waals surface area contributed by atoms with Crippen LogP contribution >= 0.6 is 0 Å². The Labute approximate surface area is 75.5 Å². The summed E-state index contributed by atoms with van der Waals surface area (Å²) in [5, 5.41) is 0. The maximum Gasteiger partial charge on any atom is 1.00 e. The standard InChI is InChI=1S/C2H6O5S.Na/c1-2-6-7-8(3,4)5;/h2H2,1H3,(H,3,4,5);/q;+1/p-1. The molecule has 0 bridgehead atoms. The van der Waals surface area contributed by atoms with Crippen molar-refractivity contribution in [3.05, 3.63) is 0 Å². The first-order valence-corrected chi connectivity index (χ1v) is 3.16. The van der Waals surface area contributed by atoms with Crippen molar-refractivity contribution in [1.29, 1.82) is 0 Å². The van der Waals surface area contributed by atoms with E-state index in [1.54, 1.807) is 0 Å². The van der Waals surface area contributed by atoms with Crippen LogP contribution in [0.2, 0.25) is 0 Å². The van der Waals surface area contributed by atoms with Crippen molar-refractivity contribution in [1.82, 2.24) is 0 Å². The Morgan fingerprint density at radius 1 is 1.56 bits per heavy atom. The third-order valence-corrected chi connectivity index (χ3v) is 0.512. The van der Waals surface area contributed by atoms with Crippen LogP contribution in [0.5, 0.6) is 0 Å². The van der Waals surface area contributed by atoms with Gasteiger partial charge in [-0.2, -0.15) is 0 Å². The SMILES string of the molecule is CCOOS(=O)(=O)[O-].[Na+]. The van der Waals surface area contributed by atoms with E-state index in [0.29, 0.717) is 0 Å². The molecule has 0 aromatic rings. The third kappa shape index (κ3) is 12.1. The van der Waals surface area contributed by atoms with Gasteiger partial charge in [-0.05, 0) is 6.92 Å². The first-order chi connectivity index (χ1) is 3.56. The van der Waals surface area contributed by atoms with Gasteiger partial charge in [-0.15, -0.1) is 4.33 Å². The first kappa shape index (κ1) is 12.5. The molecule has 0 aromatic carbocycles. The second kappa shape index (κ2) is 5.60. The zero-order valence-corrected chi connectivity index (χ0v) is 7.97. The molecule has 0 unspecified atom stereocenters. The van der Waals surface area contributed by atoms with E-state index in [0.717, 1.165) is 0 Å². The molecule has 0 aliphatic rings. The number of rotatable bonds is 3. The third-order valence-electron chi connectivity index (χ3n) is 0.249. The van der Waals surface area contributed by atoms with Gasteiger partial charge in [-0.1, -0.05) is 0 Å². The average molecular weight is 164 g/mol. The second-order valence-electron chi connectivity index (χ2n) is 0.883. The molecule has 0 fully saturated rings. The predicted molar refractivity (Wildman–Crippen MR) is 22.4 cm³/mol. The van der Waals surface area contributed by atoms with Crippen LogP contribution in [-0.2, 0) is 19.6 Å². The quantitative estimate of drug-likeness (QED) is 0.142. The molecule has 0 radical (unpaired) electrons. The van der Waals surface area contributed by atoms with E-state index in [9.17, 15) is 13.0 Å². The summed E-state index contributed by atoms with van der Waals surface area (Å²) in [5.41, 5.74) is 0. The molecule has 0 saturated heterocycles. The number of hydrogen-bond donors (Lipinski definition) is 0. The van der Waals surface area contributed by atoms with Crippen LogP contribution in [0.4, 0.5) is 0 Å². The molecule has 0 rings (SSSR count). The summed E-state index contributed by atoms with van der Waals surface area (Å²) in [4.78, 5) is 3.80. The summed E-state index contributed by atoms with van der Waals surface area (Å²) in [6.45, 7) is 1.52. The molecule has 0 saturated carbocycles. The Hall–Kier alpha value is 0.830. The van der Waals surface area contributed by atoms with E-state index in [4.69, 9.17) is 0 Å². The molecule has 0 heterocycles. The van der Waals surface area contributed by atoms with Crippen molar-refractivity contribution in [2.24, 2.45) is 0 Å². The van der Waals surface area contributed by atoms with Gasteiger partial charge in [0.15, 0.2) is 0 Å². The van der Waals surface area contributed by atoms with Gasteiger partial charge >= 0.3 is 29.6 Å². The van der Waals surface area contributed by atoms with Crippen molar-refractivity contribution >= 4 is 10.4 Å². The minimum atomic E-state index is -4.66. The van der Waals surface area contributed by atoms with Gasteiger partial charge in [0.05, 0.1) is 6.61 Å². The summed E-state index contributed by atoms with van der Waals surface area (Å²) < 4.78 is 31.8. The van der Waals surface area contributed by atoms with Crippen molar-refractivity contribution < 1.29 is 51.7 Å². The zero-order chi connectivity index (χ0) is 6.62. The van der Waals surface area contributed by atoms with Crippen LogP contribution in [0.1, 0.15) is 6.92 Å².